The lowest BCUT2D eigenvalue weighted by Crippen LogP contribution is -2.45. The van der Waals surface area contributed by atoms with Crippen molar-refractivity contribution in [3.8, 4) is 28.1 Å². The topological polar surface area (TPSA) is 74.5 Å². The normalized spacial score (nSPS) is 20.6. The molecule has 0 spiro atoms. The summed E-state index contributed by atoms with van der Waals surface area (Å²) in [7, 11) is 1.39. The van der Waals surface area contributed by atoms with Gasteiger partial charge in [-0.2, -0.15) is 0 Å². The first kappa shape index (κ1) is 34.6. The Morgan fingerprint density at radius 1 is 1.08 bits per heavy atom. The number of nitrogens with zero attached hydrogens (tertiary/aromatic N) is 3. The number of fused-ring (bicyclic) bond motifs is 7. The number of carbonyl (C=O) groups is 1. The van der Waals surface area contributed by atoms with Crippen LogP contribution in [0.4, 0.5) is 10.2 Å². The Kier molecular flexibility index (Phi) is 9.61. The summed E-state index contributed by atoms with van der Waals surface area (Å²) in [6.45, 7) is 15.7. The highest BCUT2D eigenvalue weighted by Crippen LogP contribution is 2.41. The Hall–Kier alpha value is -4.21. The summed E-state index contributed by atoms with van der Waals surface area (Å²) in [5.41, 5.74) is 4.88. The zero-order chi connectivity index (χ0) is 35.1. The van der Waals surface area contributed by atoms with Gasteiger partial charge in [0.15, 0.2) is 6.10 Å². The zero-order valence-corrected chi connectivity index (χ0v) is 29.9. The Labute approximate surface area is 288 Å². The van der Waals surface area contributed by atoms with Crippen LogP contribution in [0.5, 0.6) is 5.75 Å². The van der Waals surface area contributed by atoms with Crippen molar-refractivity contribution in [3.63, 3.8) is 0 Å². The van der Waals surface area contributed by atoms with E-state index in [2.05, 4.69) is 22.3 Å². The SMILES string of the molecule is COC(=O)C(OC(C)(C)C)c1c(C)cc2nc3cn2c1N1CCC(C)(CC1)OCC=CCC(C)Oc1cc(C)cc(F)c1-c1cccc-3c1. The van der Waals surface area contributed by atoms with Crippen LogP contribution in [0, 0.1) is 19.7 Å². The highest BCUT2D eigenvalue weighted by molar-refractivity contribution is 5.82. The largest absolute Gasteiger partial charge is 0.490 e. The predicted molar refractivity (Wildman–Crippen MR) is 191 cm³/mol. The molecule has 0 saturated carbocycles. The molecule has 0 amide bonds. The number of halogens is 1. The number of carbonyl (C=O) groups excluding carboxylic acids is 1. The Morgan fingerprint density at radius 3 is 2.53 bits per heavy atom. The lowest BCUT2D eigenvalue weighted by molar-refractivity contribution is -0.164. The van der Waals surface area contributed by atoms with Crippen LogP contribution in [-0.2, 0) is 19.0 Å². The number of hydrogen-bond acceptors (Lipinski definition) is 7. The maximum absolute atomic E-state index is 15.8. The molecule has 260 valence electrons. The van der Waals surface area contributed by atoms with Gasteiger partial charge in [0, 0.05) is 36.8 Å². The van der Waals surface area contributed by atoms with Gasteiger partial charge in [-0.3, -0.25) is 4.40 Å². The molecule has 8 nitrogen and oxygen atoms in total. The molecule has 2 unspecified atom stereocenters. The van der Waals surface area contributed by atoms with Gasteiger partial charge in [0.25, 0.3) is 0 Å². The fourth-order valence-electron chi connectivity index (χ4n) is 6.84. The number of pyridine rings is 1. The molecule has 7 rings (SSSR count). The van der Waals surface area contributed by atoms with E-state index in [1.54, 1.807) is 0 Å². The second kappa shape index (κ2) is 13.6. The number of rotatable bonds is 3. The van der Waals surface area contributed by atoms with E-state index in [4.69, 9.17) is 23.9 Å². The first-order chi connectivity index (χ1) is 23.2. The lowest BCUT2D eigenvalue weighted by Gasteiger charge is -2.41. The van der Waals surface area contributed by atoms with Crippen molar-refractivity contribution in [2.75, 3.05) is 31.7 Å². The van der Waals surface area contributed by atoms with Crippen molar-refractivity contribution in [2.24, 2.45) is 0 Å². The van der Waals surface area contributed by atoms with E-state index in [1.807, 2.05) is 90.2 Å². The van der Waals surface area contributed by atoms with Crippen LogP contribution < -0.4 is 9.64 Å². The van der Waals surface area contributed by atoms with E-state index in [-0.39, 0.29) is 17.5 Å². The number of esters is 1. The molecular formula is C40H48FN3O5. The molecule has 6 bridgehead atoms. The van der Waals surface area contributed by atoms with Crippen molar-refractivity contribution in [1.82, 2.24) is 9.38 Å². The monoisotopic (exact) mass is 669 g/mol. The second-order valence-electron chi connectivity index (χ2n) is 14.6. The fourth-order valence-corrected chi connectivity index (χ4v) is 6.84. The van der Waals surface area contributed by atoms with E-state index in [9.17, 15) is 4.79 Å². The number of piperidine rings is 1. The third-order valence-corrected chi connectivity index (χ3v) is 9.38. The molecule has 1 saturated heterocycles. The van der Waals surface area contributed by atoms with Crippen LogP contribution in [0.2, 0.25) is 0 Å². The average Bonchev–Trinajstić information content (AvgIpc) is 3.46. The highest BCUT2D eigenvalue weighted by Gasteiger charge is 2.37. The second-order valence-corrected chi connectivity index (χ2v) is 14.6. The van der Waals surface area contributed by atoms with Crippen LogP contribution >= 0.6 is 0 Å². The summed E-state index contributed by atoms with van der Waals surface area (Å²) in [6.07, 6.45) is 7.23. The Balaban J connectivity index is 1.57. The summed E-state index contributed by atoms with van der Waals surface area (Å²) < 4.78 is 42.4. The number of ether oxygens (including phenoxy) is 4. The number of methoxy groups -OCH3 is 1. The van der Waals surface area contributed by atoms with Gasteiger partial charge in [-0.15, -0.1) is 0 Å². The maximum Gasteiger partial charge on any atom is 0.339 e. The van der Waals surface area contributed by atoms with Crippen LogP contribution in [0.15, 0.2) is 60.8 Å². The molecule has 1 fully saturated rings. The maximum atomic E-state index is 15.8. The summed E-state index contributed by atoms with van der Waals surface area (Å²) in [4.78, 5) is 20.8. The van der Waals surface area contributed by atoms with E-state index in [1.165, 1.54) is 13.2 Å². The highest BCUT2D eigenvalue weighted by atomic mass is 19.1. The molecule has 49 heavy (non-hydrogen) atoms. The Bertz CT molecular complexity index is 1880. The number of aryl methyl sites for hydroxylation is 2. The minimum Gasteiger partial charge on any atom is -0.490 e. The van der Waals surface area contributed by atoms with Gasteiger partial charge in [-0.05, 0) is 102 Å². The molecular weight excluding hydrogens is 621 g/mol. The quantitative estimate of drug-likeness (QED) is 0.160. The van der Waals surface area contributed by atoms with E-state index in [0.29, 0.717) is 43.0 Å². The van der Waals surface area contributed by atoms with Gasteiger partial charge < -0.3 is 23.8 Å². The van der Waals surface area contributed by atoms with Gasteiger partial charge in [0.2, 0.25) is 0 Å². The number of anilines is 1. The van der Waals surface area contributed by atoms with Gasteiger partial charge in [0.05, 0.1) is 42.3 Å². The van der Waals surface area contributed by atoms with E-state index >= 15 is 4.39 Å². The van der Waals surface area contributed by atoms with Crippen LogP contribution in [0.3, 0.4) is 0 Å². The van der Waals surface area contributed by atoms with Crippen molar-refractivity contribution in [2.45, 2.75) is 91.1 Å². The minimum absolute atomic E-state index is 0.172. The molecule has 3 aliphatic heterocycles. The van der Waals surface area contributed by atoms with Crippen molar-refractivity contribution in [3.05, 3.63) is 83.3 Å². The molecule has 3 aliphatic rings. The summed E-state index contributed by atoms with van der Waals surface area (Å²) in [5.74, 6) is 0.546. The number of aromatic nitrogens is 2. The molecule has 9 heteroatoms. The van der Waals surface area contributed by atoms with Crippen LogP contribution in [0.1, 0.15) is 76.7 Å². The fraction of sp³-hybridized carbons (Fsp3) is 0.450. The average molecular weight is 670 g/mol. The van der Waals surface area contributed by atoms with Gasteiger partial charge in [-0.25, -0.2) is 14.2 Å². The van der Waals surface area contributed by atoms with Crippen molar-refractivity contribution >= 4 is 17.4 Å². The van der Waals surface area contributed by atoms with E-state index < -0.39 is 17.7 Å². The number of hydrogen-bond donors (Lipinski definition) is 0. The first-order valence-electron chi connectivity index (χ1n) is 17.1. The molecule has 0 aliphatic carbocycles. The van der Waals surface area contributed by atoms with Crippen LogP contribution in [0.25, 0.3) is 28.0 Å². The smallest absolute Gasteiger partial charge is 0.339 e. The number of imidazole rings is 1. The molecule has 2 aromatic carbocycles. The van der Waals surface area contributed by atoms with Gasteiger partial charge in [0.1, 0.15) is 23.0 Å². The zero-order valence-electron chi connectivity index (χ0n) is 29.9. The van der Waals surface area contributed by atoms with Gasteiger partial charge in [-0.1, -0.05) is 30.4 Å². The van der Waals surface area contributed by atoms with E-state index in [0.717, 1.165) is 52.3 Å². The van der Waals surface area contributed by atoms with Crippen molar-refractivity contribution < 1.29 is 28.1 Å². The molecule has 4 aromatic rings. The first-order valence-corrected chi connectivity index (χ1v) is 17.1. The third-order valence-electron chi connectivity index (χ3n) is 9.38. The molecule has 5 heterocycles. The van der Waals surface area contributed by atoms with Gasteiger partial charge >= 0.3 is 5.97 Å². The summed E-state index contributed by atoms with van der Waals surface area (Å²) >= 11 is 0. The molecule has 2 aromatic heterocycles. The minimum atomic E-state index is -0.954. The van der Waals surface area contributed by atoms with Crippen molar-refractivity contribution in [1.29, 1.82) is 0 Å². The predicted octanol–water partition coefficient (Wildman–Crippen LogP) is 8.56. The Morgan fingerprint density at radius 2 is 1.82 bits per heavy atom. The van der Waals surface area contributed by atoms with Crippen LogP contribution in [-0.4, -0.2) is 59.5 Å². The molecule has 0 radical (unpaired) electrons. The molecule has 0 N–H and O–H groups in total. The summed E-state index contributed by atoms with van der Waals surface area (Å²) in [5, 5.41) is 0. The standard InChI is InChI=1S/C40H48FN3O5/c1-25-20-30(41)35-29-14-11-13-28(23-29)31-24-44-33(42-31)22-26(2)34(36(38(45)46-8)49-39(4,5)6)37(44)43-17-15-40(7,16-18-43)47-19-10-9-12-27(3)48-32(35)21-25/h9-11,13-14,20-24,27,36H,12,15-19H2,1-8H3. The number of benzene rings is 2. The molecule has 2 atom stereocenters. The third kappa shape index (κ3) is 7.38. The lowest BCUT2D eigenvalue weighted by atomic mass is 9.92. The summed E-state index contributed by atoms with van der Waals surface area (Å²) in [6, 6.07) is 13.2.